The highest BCUT2D eigenvalue weighted by atomic mass is 16.7. The molecule has 0 radical (unpaired) electrons. The summed E-state index contributed by atoms with van der Waals surface area (Å²) in [5, 5.41) is 0. The molecule has 5 fully saturated rings. The van der Waals surface area contributed by atoms with Crippen molar-refractivity contribution in [3.8, 4) is 11.5 Å². The molecule has 1 unspecified atom stereocenters. The molecule has 7 nitrogen and oxygen atoms in total. The summed E-state index contributed by atoms with van der Waals surface area (Å²) in [6, 6.07) is 12.1. The molecular formula is C33H38O7. The number of esters is 2. The predicted molar refractivity (Wildman–Crippen MR) is 149 cm³/mol. The Morgan fingerprint density at radius 1 is 0.950 bits per heavy atom. The molecule has 7 heteroatoms. The maximum absolute atomic E-state index is 13.3. The molecule has 1 heterocycles. The maximum atomic E-state index is 13.3. The molecule has 0 amide bonds. The molecule has 7 rings (SSSR count). The third-order valence-electron chi connectivity index (χ3n) is 8.95. The molecular weight excluding hydrogens is 508 g/mol. The quantitative estimate of drug-likeness (QED) is 0.209. The first kappa shape index (κ1) is 27.0. The van der Waals surface area contributed by atoms with Gasteiger partial charge >= 0.3 is 11.9 Å². The van der Waals surface area contributed by atoms with Gasteiger partial charge in [0.15, 0.2) is 5.79 Å². The van der Waals surface area contributed by atoms with Crippen molar-refractivity contribution in [1.29, 1.82) is 0 Å². The van der Waals surface area contributed by atoms with E-state index in [4.69, 9.17) is 23.7 Å². The van der Waals surface area contributed by atoms with E-state index in [1.807, 2.05) is 26.0 Å². The second kappa shape index (κ2) is 10.7. The number of hydrogen-bond donors (Lipinski definition) is 0. The number of hydrogen-bond acceptors (Lipinski definition) is 7. The fourth-order valence-corrected chi connectivity index (χ4v) is 7.71. The Bertz CT molecular complexity index is 1240. The largest absolute Gasteiger partial charge is 0.490 e. The van der Waals surface area contributed by atoms with Crippen LogP contribution >= 0.6 is 0 Å². The summed E-state index contributed by atoms with van der Waals surface area (Å²) in [7, 11) is 0. The first-order valence-corrected chi connectivity index (χ1v) is 14.4. The topological polar surface area (TPSA) is 80.3 Å². The van der Waals surface area contributed by atoms with Gasteiger partial charge in [0.05, 0.1) is 17.7 Å². The highest BCUT2D eigenvalue weighted by Crippen LogP contribution is 2.62. The summed E-state index contributed by atoms with van der Waals surface area (Å²) in [5.74, 6) is 1.95. The van der Waals surface area contributed by atoms with Gasteiger partial charge in [-0.05, 0) is 118 Å². The van der Waals surface area contributed by atoms with Crippen molar-refractivity contribution >= 4 is 11.9 Å². The Balaban J connectivity index is 1.23. The molecule has 1 saturated heterocycles. The second-order valence-electron chi connectivity index (χ2n) is 12.5. The maximum Gasteiger partial charge on any atom is 0.343 e. The first-order valence-electron chi connectivity index (χ1n) is 14.4. The minimum absolute atomic E-state index is 0.0279. The highest BCUT2D eigenvalue weighted by molar-refractivity contribution is 5.92. The molecule has 0 spiro atoms. The summed E-state index contributed by atoms with van der Waals surface area (Å²) in [5.41, 5.74) is 2.03. The van der Waals surface area contributed by atoms with Gasteiger partial charge in [0, 0.05) is 5.56 Å². The molecule has 4 bridgehead atoms. The third kappa shape index (κ3) is 5.54. The third-order valence-corrected chi connectivity index (χ3v) is 8.95. The smallest absolute Gasteiger partial charge is 0.343 e. The van der Waals surface area contributed by atoms with Crippen LogP contribution in [0.25, 0.3) is 0 Å². The average molecular weight is 547 g/mol. The Kier molecular flexibility index (Phi) is 7.21. The minimum atomic E-state index is -0.603. The Labute approximate surface area is 235 Å². The molecule has 2 aromatic rings. The number of carbonyl (C=O) groups excluding carboxylic acids is 2. The van der Waals surface area contributed by atoms with Crippen LogP contribution in [0.2, 0.25) is 0 Å². The van der Waals surface area contributed by atoms with E-state index in [2.05, 4.69) is 6.58 Å². The first-order chi connectivity index (χ1) is 19.2. The van der Waals surface area contributed by atoms with Crippen LogP contribution in [0.1, 0.15) is 78.7 Å². The van der Waals surface area contributed by atoms with E-state index in [9.17, 15) is 9.59 Å². The standard InChI is InChI=1S/C33H38O7/c1-4-11-36-30(34)24-5-8-26(9-6-24)39-31(35)25-7-10-29(37-19-27-20-38-32(2,3)40-27)28(15-25)33-16-21-12-22(17-33)14-23(13-21)18-33/h4-10,15,21-23,27H,1,11-14,16-20H2,2-3H3. The predicted octanol–water partition coefficient (Wildman–Crippen LogP) is 6.25. The van der Waals surface area contributed by atoms with Crippen LogP contribution in [-0.4, -0.2) is 43.7 Å². The molecule has 4 saturated carbocycles. The van der Waals surface area contributed by atoms with Gasteiger partial charge in [-0.2, -0.15) is 0 Å². The van der Waals surface area contributed by atoms with Crippen LogP contribution in [0.5, 0.6) is 11.5 Å². The zero-order valence-electron chi connectivity index (χ0n) is 23.4. The minimum Gasteiger partial charge on any atom is -0.490 e. The van der Waals surface area contributed by atoms with Crippen molar-refractivity contribution < 1.29 is 33.3 Å². The van der Waals surface area contributed by atoms with E-state index < -0.39 is 17.7 Å². The number of benzene rings is 2. The lowest BCUT2D eigenvalue weighted by molar-refractivity contribution is -0.141. The van der Waals surface area contributed by atoms with E-state index in [1.165, 1.54) is 25.3 Å². The SMILES string of the molecule is C=CCOC(=O)c1ccc(OC(=O)c2ccc(OCC3COC(C)(C)O3)c(C34CC5CC(CC(C5)C3)C4)c2)cc1. The second-order valence-corrected chi connectivity index (χ2v) is 12.5. The molecule has 0 N–H and O–H groups in total. The number of carbonyl (C=O) groups is 2. The normalized spacial score (nSPS) is 29.6. The van der Waals surface area contributed by atoms with Crippen molar-refractivity contribution in [1.82, 2.24) is 0 Å². The van der Waals surface area contributed by atoms with Crippen molar-refractivity contribution in [3.05, 3.63) is 71.8 Å². The van der Waals surface area contributed by atoms with Gasteiger partial charge in [0.25, 0.3) is 0 Å². The Hall–Kier alpha value is -3.16. The van der Waals surface area contributed by atoms with Gasteiger partial charge < -0.3 is 23.7 Å². The Morgan fingerprint density at radius 2 is 1.60 bits per heavy atom. The molecule has 0 aromatic heterocycles. The number of rotatable bonds is 9. The van der Waals surface area contributed by atoms with Gasteiger partial charge in [-0.1, -0.05) is 12.7 Å². The van der Waals surface area contributed by atoms with Crippen LogP contribution in [0.3, 0.4) is 0 Å². The van der Waals surface area contributed by atoms with E-state index in [1.54, 1.807) is 30.3 Å². The zero-order chi connectivity index (χ0) is 27.9. The van der Waals surface area contributed by atoms with Crippen LogP contribution in [0.4, 0.5) is 0 Å². The van der Waals surface area contributed by atoms with Crippen LogP contribution in [-0.2, 0) is 19.6 Å². The molecule has 1 atom stereocenters. The zero-order valence-corrected chi connectivity index (χ0v) is 23.4. The van der Waals surface area contributed by atoms with Gasteiger partial charge in [0.2, 0.25) is 0 Å². The van der Waals surface area contributed by atoms with Crippen LogP contribution in [0, 0.1) is 17.8 Å². The lowest BCUT2D eigenvalue weighted by atomic mass is 9.48. The molecule has 40 heavy (non-hydrogen) atoms. The lowest BCUT2D eigenvalue weighted by Crippen LogP contribution is -2.48. The van der Waals surface area contributed by atoms with Crippen molar-refractivity contribution in [3.63, 3.8) is 0 Å². The van der Waals surface area contributed by atoms with E-state index >= 15 is 0 Å². The van der Waals surface area contributed by atoms with Gasteiger partial charge in [0.1, 0.15) is 30.8 Å². The molecule has 1 aliphatic heterocycles. The fraction of sp³-hybridized carbons (Fsp3) is 0.515. The van der Waals surface area contributed by atoms with E-state index in [0.717, 1.165) is 48.3 Å². The van der Waals surface area contributed by atoms with E-state index in [0.29, 0.717) is 30.1 Å². The summed E-state index contributed by atoms with van der Waals surface area (Å²) in [6.07, 6.45) is 8.80. The highest BCUT2D eigenvalue weighted by Gasteiger charge is 2.52. The van der Waals surface area contributed by atoms with Crippen LogP contribution in [0.15, 0.2) is 55.1 Å². The molecule has 2 aromatic carbocycles. The van der Waals surface area contributed by atoms with Gasteiger partial charge in [-0.3, -0.25) is 0 Å². The fourth-order valence-electron chi connectivity index (χ4n) is 7.71. The summed E-state index contributed by atoms with van der Waals surface area (Å²) >= 11 is 0. The molecule has 212 valence electrons. The summed E-state index contributed by atoms with van der Waals surface area (Å²) in [6.45, 7) is 8.40. The van der Waals surface area contributed by atoms with Gasteiger partial charge in [-0.15, -0.1) is 0 Å². The van der Waals surface area contributed by atoms with Crippen LogP contribution < -0.4 is 9.47 Å². The van der Waals surface area contributed by atoms with Gasteiger partial charge in [-0.25, -0.2) is 9.59 Å². The average Bonchev–Trinajstić information content (AvgIpc) is 3.28. The van der Waals surface area contributed by atoms with E-state index in [-0.39, 0.29) is 18.1 Å². The van der Waals surface area contributed by atoms with Crippen molar-refractivity contribution in [2.24, 2.45) is 17.8 Å². The molecule has 5 aliphatic rings. The number of ether oxygens (including phenoxy) is 5. The van der Waals surface area contributed by atoms with Crippen molar-refractivity contribution in [2.45, 2.75) is 69.7 Å². The Morgan fingerprint density at radius 3 is 2.20 bits per heavy atom. The monoisotopic (exact) mass is 546 g/mol. The lowest BCUT2D eigenvalue weighted by Gasteiger charge is -2.57. The summed E-state index contributed by atoms with van der Waals surface area (Å²) in [4.78, 5) is 25.4. The molecule has 4 aliphatic carbocycles. The van der Waals surface area contributed by atoms with Crippen molar-refractivity contribution in [2.75, 3.05) is 19.8 Å². The summed E-state index contributed by atoms with van der Waals surface area (Å²) < 4.78 is 28.9.